The van der Waals surface area contributed by atoms with E-state index in [0.29, 0.717) is 0 Å². The molecule has 3 aromatic rings. The van der Waals surface area contributed by atoms with Crippen LogP contribution >= 0.6 is 0 Å². The summed E-state index contributed by atoms with van der Waals surface area (Å²) >= 11 is 0. The molecule has 1 N–H and O–H groups in total. The maximum Gasteiger partial charge on any atom is 0.490 e. The van der Waals surface area contributed by atoms with E-state index in [-0.39, 0.29) is 5.91 Å². The van der Waals surface area contributed by atoms with Gasteiger partial charge in [0.2, 0.25) is 0 Å². The van der Waals surface area contributed by atoms with Gasteiger partial charge in [-0.25, -0.2) is 9.78 Å². The Labute approximate surface area is 188 Å². The fraction of sp³-hybridized carbons (Fsp3) is 0.409. The van der Waals surface area contributed by atoms with E-state index in [9.17, 15) is 18.0 Å². The Balaban J connectivity index is 0.000000383. The number of rotatable bonds is 2. The Kier molecular flexibility index (Phi) is 7.11. The van der Waals surface area contributed by atoms with Gasteiger partial charge in [0.25, 0.3) is 5.91 Å². The largest absolute Gasteiger partial charge is 0.490 e. The van der Waals surface area contributed by atoms with Crippen molar-refractivity contribution in [3.05, 3.63) is 48.0 Å². The zero-order valence-corrected chi connectivity index (χ0v) is 18.6. The van der Waals surface area contributed by atoms with E-state index in [1.165, 1.54) is 0 Å². The van der Waals surface area contributed by atoms with Crippen molar-refractivity contribution >= 4 is 17.4 Å². The third kappa shape index (κ3) is 5.54. The molecule has 0 bridgehead atoms. The van der Waals surface area contributed by atoms with Gasteiger partial charge in [0.1, 0.15) is 11.5 Å². The summed E-state index contributed by atoms with van der Waals surface area (Å²) in [7, 11) is 4.10. The summed E-state index contributed by atoms with van der Waals surface area (Å²) in [6.45, 7) is 5.53. The van der Waals surface area contributed by atoms with Crippen LogP contribution in [0.15, 0.2) is 36.7 Å². The van der Waals surface area contributed by atoms with Gasteiger partial charge in [-0.1, -0.05) is 6.07 Å². The number of carbonyl (C=O) groups is 2. The summed E-state index contributed by atoms with van der Waals surface area (Å²) in [5.41, 5.74) is 3.54. The number of hydrogen-bond donors (Lipinski definition) is 1. The molecule has 1 aliphatic rings. The first kappa shape index (κ1) is 24.3. The summed E-state index contributed by atoms with van der Waals surface area (Å²) in [4.78, 5) is 31.1. The number of nitrogens with zero attached hydrogens (tertiary/aromatic N) is 5. The van der Waals surface area contributed by atoms with Crippen molar-refractivity contribution in [2.75, 3.05) is 33.2 Å². The van der Waals surface area contributed by atoms with Crippen molar-refractivity contribution in [3.63, 3.8) is 0 Å². The van der Waals surface area contributed by atoms with E-state index in [4.69, 9.17) is 9.90 Å². The molecule has 3 aromatic heterocycles. The lowest BCUT2D eigenvalue weighted by Gasteiger charge is -2.20. The quantitative estimate of drug-likeness (QED) is 0.629. The standard InChI is InChI=1S/C20H25N5O.C2HF3O2/c1-15-21-17(14-23(15)3)19-13-16(18-7-4-5-10-25(18)19)20(26)24-9-6-8-22(2)11-12-24;3-2(4,5)1(6)7/h4-5,7,10,13-14H,6,8-9,11-12H2,1-3H3;(H,6,7). The van der Waals surface area contributed by atoms with Gasteiger partial charge in [0, 0.05) is 39.1 Å². The zero-order valence-electron chi connectivity index (χ0n) is 18.6. The molecule has 0 saturated carbocycles. The number of carbonyl (C=O) groups excluding carboxylic acids is 1. The van der Waals surface area contributed by atoms with Crippen LogP contribution in [0.1, 0.15) is 22.6 Å². The maximum atomic E-state index is 13.3. The van der Waals surface area contributed by atoms with E-state index in [1.807, 2.05) is 60.1 Å². The average molecular weight is 465 g/mol. The fourth-order valence-electron chi connectivity index (χ4n) is 3.62. The van der Waals surface area contributed by atoms with Gasteiger partial charge < -0.3 is 23.9 Å². The average Bonchev–Trinajstić information content (AvgIpc) is 3.21. The molecule has 0 spiro atoms. The third-order valence-corrected chi connectivity index (χ3v) is 5.53. The molecule has 1 amide bonds. The number of aryl methyl sites for hydroxylation is 2. The van der Waals surface area contributed by atoms with Crippen molar-refractivity contribution in [1.29, 1.82) is 0 Å². The topological polar surface area (TPSA) is 83.1 Å². The van der Waals surface area contributed by atoms with Crippen LogP contribution in [0.5, 0.6) is 0 Å². The van der Waals surface area contributed by atoms with Crippen molar-refractivity contribution in [2.45, 2.75) is 19.5 Å². The number of aliphatic carboxylic acids is 1. The van der Waals surface area contributed by atoms with Gasteiger partial charge in [-0.2, -0.15) is 13.2 Å². The summed E-state index contributed by atoms with van der Waals surface area (Å²) < 4.78 is 35.8. The normalized spacial score (nSPS) is 15.2. The molecule has 1 saturated heterocycles. The van der Waals surface area contributed by atoms with Crippen LogP contribution in [-0.2, 0) is 11.8 Å². The Morgan fingerprint density at radius 1 is 1.09 bits per heavy atom. The summed E-state index contributed by atoms with van der Waals surface area (Å²) in [5.74, 6) is -1.69. The molecule has 1 aliphatic heterocycles. The highest BCUT2D eigenvalue weighted by molar-refractivity contribution is 6.02. The number of carboxylic acids is 1. The van der Waals surface area contributed by atoms with E-state index < -0.39 is 12.1 Å². The second-order valence-corrected chi connectivity index (χ2v) is 7.94. The lowest BCUT2D eigenvalue weighted by molar-refractivity contribution is -0.192. The van der Waals surface area contributed by atoms with Crippen LogP contribution < -0.4 is 0 Å². The van der Waals surface area contributed by atoms with Crippen LogP contribution in [0.4, 0.5) is 13.2 Å². The SMILES string of the molecule is Cc1nc(-c2cc(C(=O)N3CCCN(C)CC3)c3ccccn23)cn1C.O=C(O)C(F)(F)F. The highest BCUT2D eigenvalue weighted by Gasteiger charge is 2.38. The van der Waals surface area contributed by atoms with E-state index in [1.54, 1.807) is 0 Å². The number of imidazole rings is 1. The third-order valence-electron chi connectivity index (χ3n) is 5.53. The molecule has 33 heavy (non-hydrogen) atoms. The molecule has 4 rings (SSSR count). The molecule has 11 heteroatoms. The van der Waals surface area contributed by atoms with Gasteiger partial charge in [-0.3, -0.25) is 4.79 Å². The molecule has 0 aliphatic carbocycles. The molecule has 1 fully saturated rings. The number of halogens is 3. The van der Waals surface area contributed by atoms with Crippen LogP contribution in [0.2, 0.25) is 0 Å². The Morgan fingerprint density at radius 3 is 2.39 bits per heavy atom. The first-order valence-electron chi connectivity index (χ1n) is 10.4. The van der Waals surface area contributed by atoms with Crippen LogP contribution in [0, 0.1) is 6.92 Å². The number of pyridine rings is 1. The molecule has 4 heterocycles. The second kappa shape index (κ2) is 9.65. The fourth-order valence-corrected chi connectivity index (χ4v) is 3.62. The van der Waals surface area contributed by atoms with Gasteiger partial charge in [-0.05, 0) is 45.1 Å². The summed E-state index contributed by atoms with van der Waals surface area (Å²) in [5, 5.41) is 7.12. The number of likely N-dealkylation sites (N-methyl/N-ethyl adjacent to an activating group) is 1. The number of alkyl halides is 3. The molecule has 0 unspecified atom stereocenters. The monoisotopic (exact) mass is 465 g/mol. The van der Waals surface area contributed by atoms with Crippen LogP contribution in [-0.4, -0.2) is 80.1 Å². The number of amides is 1. The highest BCUT2D eigenvalue weighted by Crippen LogP contribution is 2.27. The van der Waals surface area contributed by atoms with E-state index >= 15 is 0 Å². The van der Waals surface area contributed by atoms with Gasteiger partial charge in [0.15, 0.2) is 0 Å². The molecule has 0 aromatic carbocycles. The molecular formula is C22H26F3N5O3. The smallest absolute Gasteiger partial charge is 0.475 e. The number of carboxylic acid groups (broad SMARTS) is 1. The first-order valence-corrected chi connectivity index (χ1v) is 10.4. The predicted molar refractivity (Wildman–Crippen MR) is 116 cm³/mol. The Hall–Kier alpha value is -3.34. The van der Waals surface area contributed by atoms with E-state index in [2.05, 4.69) is 21.3 Å². The lowest BCUT2D eigenvalue weighted by atomic mass is 10.2. The number of aromatic nitrogens is 3. The lowest BCUT2D eigenvalue weighted by Crippen LogP contribution is -2.34. The first-order chi connectivity index (χ1) is 15.5. The van der Waals surface area contributed by atoms with Gasteiger partial charge in [-0.15, -0.1) is 0 Å². The molecular weight excluding hydrogens is 439 g/mol. The summed E-state index contributed by atoms with van der Waals surface area (Å²) in [6, 6.07) is 7.97. The minimum atomic E-state index is -5.08. The van der Waals surface area contributed by atoms with Crippen molar-refractivity contribution < 1.29 is 27.9 Å². The van der Waals surface area contributed by atoms with Gasteiger partial charge in [0.05, 0.1) is 16.8 Å². The van der Waals surface area contributed by atoms with Crippen LogP contribution in [0.25, 0.3) is 16.9 Å². The van der Waals surface area contributed by atoms with Crippen LogP contribution in [0.3, 0.4) is 0 Å². The van der Waals surface area contributed by atoms with Crippen molar-refractivity contribution in [2.24, 2.45) is 7.05 Å². The Bertz CT molecular complexity index is 1130. The van der Waals surface area contributed by atoms with Gasteiger partial charge >= 0.3 is 12.1 Å². The Morgan fingerprint density at radius 2 is 1.79 bits per heavy atom. The maximum absolute atomic E-state index is 13.3. The molecule has 8 nitrogen and oxygen atoms in total. The minimum absolute atomic E-state index is 0.114. The highest BCUT2D eigenvalue weighted by atomic mass is 19.4. The number of hydrogen-bond acceptors (Lipinski definition) is 4. The molecule has 178 valence electrons. The molecule has 0 atom stereocenters. The van der Waals surface area contributed by atoms with Crippen molar-refractivity contribution in [1.82, 2.24) is 23.8 Å². The predicted octanol–water partition coefficient (Wildman–Crippen LogP) is 3.06. The zero-order chi connectivity index (χ0) is 24.3. The van der Waals surface area contributed by atoms with E-state index in [0.717, 1.165) is 60.9 Å². The van der Waals surface area contributed by atoms with Crippen molar-refractivity contribution in [3.8, 4) is 11.4 Å². The second-order valence-electron chi connectivity index (χ2n) is 7.94. The summed E-state index contributed by atoms with van der Waals surface area (Å²) in [6.07, 6.45) is -0.0543. The number of fused-ring (bicyclic) bond motifs is 1. The molecule has 0 radical (unpaired) electrons. The minimum Gasteiger partial charge on any atom is -0.475 e.